The third-order valence-electron chi connectivity index (χ3n) is 4.03. The first-order valence-corrected chi connectivity index (χ1v) is 7.41. The zero-order valence-electron chi connectivity index (χ0n) is 12.5. The Balaban J connectivity index is 2.04. The summed E-state index contributed by atoms with van der Waals surface area (Å²) in [5, 5.41) is 3.58. The van der Waals surface area contributed by atoms with Crippen molar-refractivity contribution in [3.8, 4) is 0 Å². The average Bonchev–Trinajstić information content (AvgIpc) is 2.89. The summed E-state index contributed by atoms with van der Waals surface area (Å²) in [6.45, 7) is 6.31. The van der Waals surface area contributed by atoms with Crippen LogP contribution in [0.3, 0.4) is 0 Å². The predicted octanol–water partition coefficient (Wildman–Crippen LogP) is 3.89. The molecular weight excluding hydrogens is 246 g/mol. The van der Waals surface area contributed by atoms with E-state index in [0.29, 0.717) is 0 Å². The molecule has 1 heterocycles. The summed E-state index contributed by atoms with van der Waals surface area (Å²) in [7, 11) is 0. The van der Waals surface area contributed by atoms with Crippen molar-refractivity contribution in [2.75, 3.05) is 5.32 Å². The minimum Gasteiger partial charge on any atom is -0.339 e. The van der Waals surface area contributed by atoms with Crippen molar-refractivity contribution >= 4 is 11.5 Å². The highest BCUT2D eigenvalue weighted by molar-refractivity contribution is 5.67. The summed E-state index contributed by atoms with van der Waals surface area (Å²) >= 11 is 0. The molecule has 104 valence electrons. The van der Waals surface area contributed by atoms with Gasteiger partial charge in [-0.05, 0) is 50.7 Å². The fraction of sp³-hybridized carbons (Fsp3) is 0.412. The summed E-state index contributed by atoms with van der Waals surface area (Å²) in [6, 6.07) is 6.45. The molecule has 20 heavy (non-hydrogen) atoms. The molecule has 0 unspecified atom stereocenters. The fourth-order valence-corrected chi connectivity index (χ4v) is 2.98. The van der Waals surface area contributed by atoms with Crippen LogP contribution in [-0.2, 0) is 19.3 Å². The Hall–Kier alpha value is -1.90. The molecule has 2 aromatic rings. The molecule has 0 amide bonds. The van der Waals surface area contributed by atoms with Crippen LogP contribution in [0.2, 0.25) is 0 Å². The number of fused-ring (bicyclic) bond motifs is 1. The molecule has 3 heteroatoms. The molecule has 1 N–H and O–H groups in total. The van der Waals surface area contributed by atoms with E-state index in [2.05, 4.69) is 47.3 Å². The second kappa shape index (κ2) is 5.23. The monoisotopic (exact) mass is 267 g/mol. The number of rotatable bonds is 3. The maximum atomic E-state index is 4.63. The molecule has 3 nitrogen and oxygen atoms in total. The molecule has 1 aliphatic carbocycles. The topological polar surface area (TPSA) is 37.8 Å². The van der Waals surface area contributed by atoms with Gasteiger partial charge in [0.1, 0.15) is 11.6 Å². The lowest BCUT2D eigenvalue weighted by Gasteiger charge is -2.16. The Bertz CT molecular complexity index is 647. The highest BCUT2D eigenvalue weighted by atomic mass is 15.0. The number of nitrogens with zero attached hydrogens (tertiary/aromatic N) is 2. The molecule has 0 spiro atoms. The molecule has 1 aliphatic rings. The first kappa shape index (κ1) is 13.1. The van der Waals surface area contributed by atoms with E-state index >= 15 is 0 Å². The Morgan fingerprint density at radius 1 is 1.15 bits per heavy atom. The highest BCUT2D eigenvalue weighted by Gasteiger charge is 2.19. The van der Waals surface area contributed by atoms with Crippen LogP contribution < -0.4 is 5.32 Å². The minimum atomic E-state index is 0.861. The fourth-order valence-electron chi connectivity index (χ4n) is 2.98. The second-order valence-electron chi connectivity index (χ2n) is 5.49. The van der Waals surface area contributed by atoms with Crippen molar-refractivity contribution in [2.45, 2.75) is 46.5 Å². The third-order valence-corrected chi connectivity index (χ3v) is 4.03. The van der Waals surface area contributed by atoms with Crippen molar-refractivity contribution in [2.24, 2.45) is 0 Å². The molecule has 0 radical (unpaired) electrons. The Morgan fingerprint density at radius 3 is 2.80 bits per heavy atom. The van der Waals surface area contributed by atoms with E-state index in [-0.39, 0.29) is 0 Å². The van der Waals surface area contributed by atoms with Gasteiger partial charge in [0.2, 0.25) is 0 Å². The standard InChI is InChI=1S/C17H21N3/c1-4-13-8-5-7-11(2)16(13)20-17-14-9-6-10-15(14)18-12(3)19-17/h5,7-8H,4,6,9-10H2,1-3H3,(H,18,19,20). The molecule has 0 fully saturated rings. The van der Waals surface area contributed by atoms with Crippen LogP contribution in [0.1, 0.15) is 41.6 Å². The largest absolute Gasteiger partial charge is 0.339 e. The number of benzene rings is 1. The van der Waals surface area contributed by atoms with Gasteiger partial charge in [-0.2, -0.15) is 0 Å². The maximum absolute atomic E-state index is 4.63. The Morgan fingerprint density at radius 2 is 2.00 bits per heavy atom. The lowest BCUT2D eigenvalue weighted by Crippen LogP contribution is -2.06. The third kappa shape index (κ3) is 2.28. The van der Waals surface area contributed by atoms with Crippen molar-refractivity contribution < 1.29 is 0 Å². The van der Waals surface area contributed by atoms with E-state index in [9.17, 15) is 0 Å². The van der Waals surface area contributed by atoms with Crippen LogP contribution in [0.5, 0.6) is 0 Å². The molecule has 1 aromatic carbocycles. The second-order valence-corrected chi connectivity index (χ2v) is 5.49. The molecular formula is C17H21N3. The van der Waals surface area contributed by atoms with E-state index in [1.807, 2.05) is 6.92 Å². The molecule has 1 aromatic heterocycles. The van der Waals surface area contributed by atoms with E-state index in [4.69, 9.17) is 0 Å². The SMILES string of the molecule is CCc1cccc(C)c1Nc1nc(C)nc2c1CCC2. The molecule has 0 aliphatic heterocycles. The van der Waals surface area contributed by atoms with Gasteiger partial charge in [0, 0.05) is 16.9 Å². The smallest absolute Gasteiger partial charge is 0.137 e. The van der Waals surface area contributed by atoms with E-state index in [0.717, 1.165) is 30.9 Å². The maximum Gasteiger partial charge on any atom is 0.137 e. The predicted molar refractivity (Wildman–Crippen MR) is 82.6 cm³/mol. The van der Waals surface area contributed by atoms with Crippen LogP contribution in [0.25, 0.3) is 0 Å². The van der Waals surface area contributed by atoms with E-state index in [1.165, 1.54) is 34.5 Å². The van der Waals surface area contributed by atoms with Crippen molar-refractivity contribution in [3.05, 3.63) is 46.4 Å². The number of anilines is 2. The molecule has 0 bridgehead atoms. The van der Waals surface area contributed by atoms with Crippen molar-refractivity contribution in [1.82, 2.24) is 9.97 Å². The Labute approximate surface area is 120 Å². The summed E-state index contributed by atoms with van der Waals surface area (Å²) in [5.41, 5.74) is 6.36. The number of nitrogens with one attached hydrogen (secondary N) is 1. The first-order chi connectivity index (χ1) is 9.69. The highest BCUT2D eigenvalue weighted by Crippen LogP contribution is 2.31. The molecule has 0 atom stereocenters. The summed E-state index contributed by atoms with van der Waals surface area (Å²) in [4.78, 5) is 9.20. The van der Waals surface area contributed by atoms with Crippen LogP contribution >= 0.6 is 0 Å². The van der Waals surface area contributed by atoms with Gasteiger partial charge in [-0.3, -0.25) is 0 Å². The van der Waals surface area contributed by atoms with Crippen LogP contribution in [0.4, 0.5) is 11.5 Å². The first-order valence-electron chi connectivity index (χ1n) is 7.41. The van der Waals surface area contributed by atoms with Gasteiger partial charge in [-0.15, -0.1) is 0 Å². The van der Waals surface area contributed by atoms with Crippen molar-refractivity contribution in [1.29, 1.82) is 0 Å². The van der Waals surface area contributed by atoms with Crippen LogP contribution in [0, 0.1) is 13.8 Å². The van der Waals surface area contributed by atoms with Gasteiger partial charge in [-0.1, -0.05) is 25.1 Å². The number of aryl methyl sites for hydroxylation is 4. The van der Waals surface area contributed by atoms with E-state index in [1.54, 1.807) is 0 Å². The summed E-state index contributed by atoms with van der Waals surface area (Å²) < 4.78 is 0. The van der Waals surface area contributed by atoms with Gasteiger partial charge in [0.15, 0.2) is 0 Å². The number of para-hydroxylation sites is 1. The summed E-state index contributed by atoms with van der Waals surface area (Å²) in [6.07, 6.45) is 4.39. The number of hydrogen-bond donors (Lipinski definition) is 1. The van der Waals surface area contributed by atoms with Gasteiger partial charge in [-0.25, -0.2) is 9.97 Å². The van der Waals surface area contributed by atoms with Crippen LogP contribution in [0.15, 0.2) is 18.2 Å². The lowest BCUT2D eigenvalue weighted by molar-refractivity contribution is 0.895. The number of aromatic nitrogens is 2. The minimum absolute atomic E-state index is 0.861. The quantitative estimate of drug-likeness (QED) is 0.916. The van der Waals surface area contributed by atoms with Gasteiger partial charge in [0.25, 0.3) is 0 Å². The summed E-state index contributed by atoms with van der Waals surface area (Å²) in [5.74, 6) is 1.87. The lowest BCUT2D eigenvalue weighted by atomic mass is 10.1. The van der Waals surface area contributed by atoms with Gasteiger partial charge < -0.3 is 5.32 Å². The van der Waals surface area contributed by atoms with Gasteiger partial charge in [0.05, 0.1) is 0 Å². The van der Waals surface area contributed by atoms with E-state index < -0.39 is 0 Å². The molecule has 0 saturated heterocycles. The molecule has 3 rings (SSSR count). The average molecular weight is 267 g/mol. The van der Waals surface area contributed by atoms with Crippen LogP contribution in [-0.4, -0.2) is 9.97 Å². The van der Waals surface area contributed by atoms with Crippen molar-refractivity contribution in [3.63, 3.8) is 0 Å². The zero-order chi connectivity index (χ0) is 14.1. The molecule has 0 saturated carbocycles. The normalized spacial score (nSPS) is 13.3. The zero-order valence-corrected chi connectivity index (χ0v) is 12.5. The number of hydrogen-bond acceptors (Lipinski definition) is 3. The Kier molecular flexibility index (Phi) is 3.43. The van der Waals surface area contributed by atoms with Gasteiger partial charge >= 0.3 is 0 Å².